The molecule has 4 rings (SSSR count). The zero-order valence-electron chi connectivity index (χ0n) is 12.5. The second-order valence-electron chi connectivity index (χ2n) is 5.16. The number of hydrogen-bond acceptors (Lipinski definition) is 5. The molecule has 8 heteroatoms. The van der Waals surface area contributed by atoms with Crippen molar-refractivity contribution in [2.24, 2.45) is 0 Å². The number of aromatic nitrogens is 3. The number of amides is 1. The third-order valence-electron chi connectivity index (χ3n) is 3.57. The first kappa shape index (κ1) is 14.8. The maximum Gasteiger partial charge on any atom is 0.249 e. The van der Waals surface area contributed by atoms with Crippen LogP contribution in [0.4, 0.5) is 5.95 Å². The van der Waals surface area contributed by atoms with Gasteiger partial charge in [-0.1, -0.05) is 6.07 Å². The van der Waals surface area contributed by atoms with Crippen molar-refractivity contribution in [2.45, 2.75) is 0 Å². The Morgan fingerprint density at radius 2 is 2.04 bits per heavy atom. The van der Waals surface area contributed by atoms with E-state index in [0.717, 1.165) is 17.0 Å². The van der Waals surface area contributed by atoms with Gasteiger partial charge in [0.25, 0.3) is 0 Å². The molecule has 3 aromatic rings. The Morgan fingerprint density at radius 1 is 1.21 bits per heavy atom. The molecule has 1 amide bonds. The van der Waals surface area contributed by atoms with Gasteiger partial charge in [0.2, 0.25) is 11.9 Å². The van der Waals surface area contributed by atoms with Gasteiger partial charge in [-0.2, -0.15) is 4.98 Å². The van der Waals surface area contributed by atoms with Gasteiger partial charge in [0.1, 0.15) is 19.1 Å². The first-order chi connectivity index (χ1) is 11.7. The van der Waals surface area contributed by atoms with Gasteiger partial charge in [0.05, 0.1) is 5.69 Å². The van der Waals surface area contributed by atoms with Crippen molar-refractivity contribution < 1.29 is 14.3 Å². The molecule has 0 saturated carbocycles. The van der Waals surface area contributed by atoms with Crippen LogP contribution in [0.15, 0.2) is 36.4 Å². The van der Waals surface area contributed by atoms with Gasteiger partial charge in [-0.25, -0.2) is 4.52 Å². The average molecular weight is 345 g/mol. The van der Waals surface area contributed by atoms with Crippen LogP contribution in [-0.2, 0) is 4.79 Å². The summed E-state index contributed by atoms with van der Waals surface area (Å²) < 4.78 is 12.8. The number of nitrogens with one attached hydrogen (secondary N) is 1. The fraction of sp³-hybridized carbons (Fsp3) is 0.188. The van der Waals surface area contributed by atoms with Crippen molar-refractivity contribution in [3.05, 3.63) is 36.4 Å². The number of pyridine rings is 1. The maximum atomic E-state index is 11.4. The maximum absolute atomic E-state index is 11.4. The normalized spacial score (nSPS) is 13.0. The first-order valence-corrected chi connectivity index (χ1v) is 7.90. The largest absolute Gasteiger partial charge is 0.486 e. The molecule has 0 radical (unpaired) electrons. The van der Waals surface area contributed by atoms with Gasteiger partial charge in [-0.05, 0) is 30.3 Å². The van der Waals surface area contributed by atoms with Crippen LogP contribution in [0.3, 0.4) is 0 Å². The molecule has 1 aromatic carbocycles. The Balaban J connectivity index is 1.77. The number of halogens is 1. The lowest BCUT2D eigenvalue weighted by Crippen LogP contribution is -2.15. The van der Waals surface area contributed by atoms with Crippen LogP contribution in [0, 0.1) is 0 Å². The molecule has 1 aliphatic rings. The monoisotopic (exact) mass is 344 g/mol. The second kappa shape index (κ2) is 6.01. The molecule has 7 nitrogen and oxygen atoms in total. The fourth-order valence-electron chi connectivity index (χ4n) is 2.54. The molecule has 0 saturated heterocycles. The fourth-order valence-corrected chi connectivity index (χ4v) is 2.60. The van der Waals surface area contributed by atoms with Gasteiger partial charge >= 0.3 is 0 Å². The van der Waals surface area contributed by atoms with Gasteiger partial charge in [0, 0.05) is 5.56 Å². The minimum atomic E-state index is -0.353. The predicted octanol–water partition coefficient (Wildman–Crippen LogP) is 2.34. The Hall–Kier alpha value is -2.80. The minimum Gasteiger partial charge on any atom is -0.486 e. The number of carbonyl (C=O) groups is 1. The van der Waals surface area contributed by atoms with E-state index < -0.39 is 0 Å². The van der Waals surface area contributed by atoms with E-state index in [4.69, 9.17) is 21.1 Å². The number of nitrogens with zero attached hydrogens (tertiary/aromatic N) is 3. The van der Waals surface area contributed by atoms with E-state index in [-0.39, 0.29) is 17.7 Å². The van der Waals surface area contributed by atoms with E-state index in [1.165, 1.54) is 0 Å². The summed E-state index contributed by atoms with van der Waals surface area (Å²) in [6.45, 7) is 1.08. The number of alkyl halides is 1. The van der Waals surface area contributed by atoms with Gasteiger partial charge in [-0.15, -0.1) is 16.7 Å². The summed E-state index contributed by atoms with van der Waals surface area (Å²) in [5.74, 6) is 1.14. The third-order valence-corrected chi connectivity index (χ3v) is 3.81. The lowest BCUT2D eigenvalue weighted by atomic mass is 10.1. The van der Waals surface area contributed by atoms with E-state index >= 15 is 0 Å². The molecule has 1 N–H and O–H groups in total. The summed E-state index contributed by atoms with van der Waals surface area (Å²) in [6, 6.07) is 11.3. The molecule has 0 atom stereocenters. The van der Waals surface area contributed by atoms with Crippen LogP contribution in [0.5, 0.6) is 11.5 Å². The summed E-state index contributed by atoms with van der Waals surface area (Å²) >= 11 is 5.50. The highest BCUT2D eigenvalue weighted by molar-refractivity contribution is 6.28. The molecule has 122 valence electrons. The Morgan fingerprint density at radius 3 is 2.88 bits per heavy atom. The third kappa shape index (κ3) is 2.63. The van der Waals surface area contributed by atoms with Crippen LogP contribution >= 0.6 is 11.6 Å². The summed E-state index contributed by atoms with van der Waals surface area (Å²) in [7, 11) is 0. The SMILES string of the molecule is O=C(CCl)Nc1nc2cccc(-c3ccc4c(c3)OCCO4)n2n1. The van der Waals surface area contributed by atoms with E-state index in [2.05, 4.69) is 15.4 Å². The Labute approximate surface area is 142 Å². The van der Waals surface area contributed by atoms with Crippen LogP contribution in [0.2, 0.25) is 0 Å². The van der Waals surface area contributed by atoms with E-state index in [0.29, 0.717) is 24.6 Å². The molecule has 24 heavy (non-hydrogen) atoms. The highest BCUT2D eigenvalue weighted by Crippen LogP contribution is 2.34. The quantitative estimate of drug-likeness (QED) is 0.738. The molecule has 0 bridgehead atoms. The van der Waals surface area contributed by atoms with Crippen LogP contribution in [-0.4, -0.2) is 39.6 Å². The van der Waals surface area contributed by atoms with Crippen LogP contribution < -0.4 is 14.8 Å². The summed E-state index contributed by atoms with van der Waals surface area (Å²) in [5.41, 5.74) is 2.35. The molecule has 0 spiro atoms. The molecule has 0 fully saturated rings. The second-order valence-corrected chi connectivity index (χ2v) is 5.42. The van der Waals surface area contributed by atoms with Crippen molar-refractivity contribution in [1.82, 2.24) is 14.6 Å². The van der Waals surface area contributed by atoms with Crippen molar-refractivity contribution in [3.8, 4) is 22.8 Å². The molecule has 0 unspecified atom stereocenters. The number of ether oxygens (including phenoxy) is 2. The topological polar surface area (TPSA) is 77.8 Å². The van der Waals surface area contributed by atoms with E-state index in [9.17, 15) is 4.79 Å². The van der Waals surface area contributed by atoms with Gasteiger partial charge < -0.3 is 9.47 Å². The van der Waals surface area contributed by atoms with E-state index in [1.54, 1.807) is 4.52 Å². The minimum absolute atomic E-state index is 0.148. The van der Waals surface area contributed by atoms with Crippen molar-refractivity contribution >= 4 is 29.1 Å². The lowest BCUT2D eigenvalue weighted by Gasteiger charge is -2.19. The molecule has 0 aliphatic carbocycles. The highest BCUT2D eigenvalue weighted by atomic mass is 35.5. The molecule has 1 aliphatic heterocycles. The zero-order valence-corrected chi connectivity index (χ0v) is 13.3. The standard InChI is InChI=1S/C16H13ClN4O3/c17-9-15(22)19-16-18-14-3-1-2-11(21(14)20-16)10-4-5-12-13(8-10)24-7-6-23-12/h1-5,8H,6-7,9H2,(H,19,20,22). The van der Waals surface area contributed by atoms with Crippen molar-refractivity contribution in [3.63, 3.8) is 0 Å². The first-order valence-electron chi connectivity index (χ1n) is 7.36. The smallest absolute Gasteiger partial charge is 0.249 e. The summed E-state index contributed by atoms with van der Waals surface area (Å²) in [5, 5.41) is 6.88. The predicted molar refractivity (Wildman–Crippen MR) is 88.8 cm³/mol. The molecular formula is C16H13ClN4O3. The van der Waals surface area contributed by atoms with Crippen molar-refractivity contribution in [2.75, 3.05) is 24.4 Å². The molecule has 2 aromatic heterocycles. The number of fused-ring (bicyclic) bond motifs is 2. The zero-order chi connectivity index (χ0) is 16.5. The molecular weight excluding hydrogens is 332 g/mol. The lowest BCUT2D eigenvalue weighted by molar-refractivity contribution is -0.114. The number of carbonyl (C=O) groups excluding carboxylic acids is 1. The number of hydrogen-bond donors (Lipinski definition) is 1. The summed E-state index contributed by atoms with van der Waals surface area (Å²) in [4.78, 5) is 15.7. The summed E-state index contributed by atoms with van der Waals surface area (Å²) in [6.07, 6.45) is 0. The van der Waals surface area contributed by atoms with Gasteiger partial charge in [0.15, 0.2) is 17.1 Å². The number of rotatable bonds is 3. The van der Waals surface area contributed by atoms with Crippen LogP contribution in [0.1, 0.15) is 0 Å². The number of anilines is 1. The highest BCUT2D eigenvalue weighted by Gasteiger charge is 2.15. The molecule has 3 heterocycles. The Bertz CT molecular complexity index is 925. The van der Waals surface area contributed by atoms with Crippen LogP contribution in [0.25, 0.3) is 16.9 Å². The van der Waals surface area contributed by atoms with E-state index in [1.807, 2.05) is 36.4 Å². The average Bonchev–Trinajstić information content (AvgIpc) is 3.03. The van der Waals surface area contributed by atoms with Gasteiger partial charge in [-0.3, -0.25) is 10.1 Å². The Kier molecular flexibility index (Phi) is 3.70. The van der Waals surface area contributed by atoms with Crippen molar-refractivity contribution in [1.29, 1.82) is 0 Å². The number of benzene rings is 1.